The van der Waals surface area contributed by atoms with Gasteiger partial charge in [0.25, 0.3) is 0 Å². The van der Waals surface area contributed by atoms with Crippen LogP contribution in [-0.2, 0) is 17.9 Å². The van der Waals surface area contributed by atoms with Crippen LogP contribution in [0.25, 0.3) is 0 Å². The average molecular weight is 318 g/mol. The van der Waals surface area contributed by atoms with Gasteiger partial charge in [-0.1, -0.05) is 11.2 Å². The molecule has 6 nitrogen and oxygen atoms in total. The third kappa shape index (κ3) is 6.07. The van der Waals surface area contributed by atoms with E-state index in [2.05, 4.69) is 15.5 Å². The molecule has 0 unspecified atom stereocenters. The summed E-state index contributed by atoms with van der Waals surface area (Å²) in [4.78, 5) is 4.15. The predicted octanol–water partition coefficient (Wildman–Crippen LogP) is 1.95. The van der Waals surface area contributed by atoms with Crippen molar-refractivity contribution in [2.24, 2.45) is 0 Å². The fourth-order valence-corrected chi connectivity index (χ4v) is 1.49. The SMILES string of the molecule is COCCNCc1nc(COc2cccc(F)c2)no1.Cl. The average Bonchev–Trinajstić information content (AvgIpc) is 2.89. The molecule has 0 atom stereocenters. The molecule has 0 aliphatic carbocycles. The van der Waals surface area contributed by atoms with Gasteiger partial charge in [-0.2, -0.15) is 4.98 Å². The van der Waals surface area contributed by atoms with Crippen LogP contribution in [0.15, 0.2) is 28.8 Å². The van der Waals surface area contributed by atoms with Crippen molar-refractivity contribution < 1.29 is 18.4 Å². The molecule has 8 heteroatoms. The van der Waals surface area contributed by atoms with Crippen LogP contribution in [-0.4, -0.2) is 30.4 Å². The van der Waals surface area contributed by atoms with Crippen molar-refractivity contribution in [3.05, 3.63) is 41.8 Å². The molecule has 2 aromatic rings. The van der Waals surface area contributed by atoms with E-state index in [9.17, 15) is 4.39 Å². The number of nitrogens with one attached hydrogen (secondary N) is 1. The van der Waals surface area contributed by atoms with Gasteiger partial charge in [0.2, 0.25) is 11.7 Å². The number of halogens is 2. The molecule has 1 heterocycles. The molecule has 0 spiro atoms. The molecule has 1 N–H and O–H groups in total. The maximum Gasteiger partial charge on any atom is 0.240 e. The van der Waals surface area contributed by atoms with E-state index in [-0.39, 0.29) is 24.8 Å². The van der Waals surface area contributed by atoms with Crippen molar-refractivity contribution in [1.29, 1.82) is 0 Å². The van der Waals surface area contributed by atoms with Crippen molar-refractivity contribution in [3.8, 4) is 5.75 Å². The summed E-state index contributed by atoms with van der Waals surface area (Å²) >= 11 is 0. The third-order valence-electron chi connectivity index (χ3n) is 2.43. The third-order valence-corrected chi connectivity index (χ3v) is 2.43. The first-order valence-electron chi connectivity index (χ1n) is 6.17. The van der Waals surface area contributed by atoms with Crippen LogP contribution >= 0.6 is 12.4 Å². The van der Waals surface area contributed by atoms with Crippen molar-refractivity contribution in [2.45, 2.75) is 13.2 Å². The lowest BCUT2D eigenvalue weighted by Crippen LogP contribution is -2.18. The second-order valence-electron chi connectivity index (χ2n) is 4.02. The summed E-state index contributed by atoms with van der Waals surface area (Å²) in [5.41, 5.74) is 0. The Kier molecular flexibility index (Phi) is 7.66. The highest BCUT2D eigenvalue weighted by Gasteiger charge is 2.06. The number of hydrogen-bond donors (Lipinski definition) is 1. The second-order valence-corrected chi connectivity index (χ2v) is 4.02. The van der Waals surface area contributed by atoms with E-state index >= 15 is 0 Å². The highest BCUT2D eigenvalue weighted by Crippen LogP contribution is 2.13. The lowest BCUT2D eigenvalue weighted by atomic mass is 10.3. The second kappa shape index (κ2) is 9.28. The highest BCUT2D eigenvalue weighted by molar-refractivity contribution is 5.85. The first kappa shape index (κ1) is 17.4. The molecule has 0 aliphatic rings. The van der Waals surface area contributed by atoms with Gasteiger partial charge >= 0.3 is 0 Å². The number of aromatic nitrogens is 2. The summed E-state index contributed by atoms with van der Waals surface area (Å²) in [6.07, 6.45) is 0. The van der Waals surface area contributed by atoms with E-state index in [0.717, 1.165) is 0 Å². The molecule has 1 aromatic carbocycles. The molecule has 0 saturated heterocycles. The van der Waals surface area contributed by atoms with Crippen LogP contribution in [0.4, 0.5) is 4.39 Å². The van der Waals surface area contributed by atoms with Gasteiger partial charge in [-0.15, -0.1) is 12.4 Å². The van der Waals surface area contributed by atoms with Crippen molar-refractivity contribution in [1.82, 2.24) is 15.5 Å². The summed E-state index contributed by atoms with van der Waals surface area (Å²) in [7, 11) is 1.64. The normalized spacial score (nSPS) is 10.2. The Morgan fingerprint density at radius 3 is 3.00 bits per heavy atom. The van der Waals surface area contributed by atoms with Crippen LogP contribution in [0.5, 0.6) is 5.75 Å². The van der Waals surface area contributed by atoms with Gasteiger partial charge in [-0.25, -0.2) is 4.39 Å². The van der Waals surface area contributed by atoms with Gasteiger partial charge < -0.3 is 19.3 Å². The van der Waals surface area contributed by atoms with Gasteiger partial charge in [-0.3, -0.25) is 0 Å². The van der Waals surface area contributed by atoms with Crippen LogP contribution < -0.4 is 10.1 Å². The fourth-order valence-electron chi connectivity index (χ4n) is 1.49. The van der Waals surface area contributed by atoms with Gasteiger partial charge in [0.05, 0.1) is 13.2 Å². The Balaban J connectivity index is 0.00000220. The molecule has 116 valence electrons. The van der Waals surface area contributed by atoms with E-state index in [1.165, 1.54) is 12.1 Å². The molecule has 0 radical (unpaired) electrons. The minimum absolute atomic E-state index is 0. The minimum atomic E-state index is -0.348. The summed E-state index contributed by atoms with van der Waals surface area (Å²) in [5, 5.41) is 6.86. The Bertz CT molecular complexity index is 539. The van der Waals surface area contributed by atoms with E-state index < -0.39 is 0 Å². The molecule has 0 saturated carbocycles. The highest BCUT2D eigenvalue weighted by atomic mass is 35.5. The maximum atomic E-state index is 13.0. The fraction of sp³-hybridized carbons (Fsp3) is 0.385. The number of benzene rings is 1. The number of hydrogen-bond acceptors (Lipinski definition) is 6. The quantitative estimate of drug-likeness (QED) is 0.750. The largest absolute Gasteiger partial charge is 0.485 e. The van der Waals surface area contributed by atoms with Crippen molar-refractivity contribution >= 4 is 12.4 Å². The molecule has 2 rings (SSSR count). The van der Waals surface area contributed by atoms with Gasteiger partial charge in [0.15, 0.2) is 6.61 Å². The molecule has 0 aliphatic heterocycles. The summed E-state index contributed by atoms with van der Waals surface area (Å²) in [6, 6.07) is 5.89. The first-order chi connectivity index (χ1) is 9.78. The van der Waals surface area contributed by atoms with Gasteiger partial charge in [-0.05, 0) is 12.1 Å². The molecule has 0 fully saturated rings. The zero-order valence-electron chi connectivity index (χ0n) is 11.5. The van der Waals surface area contributed by atoms with Crippen LogP contribution in [0, 0.1) is 5.82 Å². The topological polar surface area (TPSA) is 69.4 Å². The monoisotopic (exact) mass is 317 g/mol. The molecule has 1 aromatic heterocycles. The van der Waals surface area contributed by atoms with Gasteiger partial charge in [0.1, 0.15) is 11.6 Å². The summed E-state index contributed by atoms with van der Waals surface area (Å²) in [5.74, 6) is 0.963. The molecule has 0 bridgehead atoms. The van der Waals surface area contributed by atoms with E-state index in [1.807, 2.05) is 0 Å². The van der Waals surface area contributed by atoms with Crippen molar-refractivity contribution in [3.63, 3.8) is 0 Å². The Morgan fingerprint density at radius 2 is 2.24 bits per heavy atom. The Hall–Kier alpha value is -1.70. The van der Waals surface area contributed by atoms with Gasteiger partial charge in [0, 0.05) is 19.7 Å². The smallest absolute Gasteiger partial charge is 0.240 e. The maximum absolute atomic E-state index is 13.0. The van der Waals surface area contributed by atoms with E-state index in [4.69, 9.17) is 14.0 Å². The standard InChI is InChI=1S/C13H16FN3O3.ClH/c1-18-6-5-15-8-13-16-12(17-20-13)9-19-11-4-2-3-10(14)7-11;/h2-4,7,15H,5-6,8-9H2,1H3;1H. The molecule has 21 heavy (non-hydrogen) atoms. The summed E-state index contributed by atoms with van der Waals surface area (Å²) < 4.78 is 28.3. The van der Waals surface area contributed by atoms with Crippen LogP contribution in [0.3, 0.4) is 0 Å². The van der Waals surface area contributed by atoms with Crippen molar-refractivity contribution in [2.75, 3.05) is 20.3 Å². The molecular formula is C13H17ClFN3O3. The lowest BCUT2D eigenvalue weighted by molar-refractivity contribution is 0.197. The zero-order chi connectivity index (χ0) is 14.2. The number of nitrogens with zero attached hydrogens (tertiary/aromatic N) is 2. The van der Waals surface area contributed by atoms with E-state index in [0.29, 0.717) is 37.2 Å². The first-order valence-corrected chi connectivity index (χ1v) is 6.17. The predicted molar refractivity (Wildman–Crippen MR) is 75.9 cm³/mol. The zero-order valence-corrected chi connectivity index (χ0v) is 12.4. The molecular weight excluding hydrogens is 301 g/mol. The summed E-state index contributed by atoms with van der Waals surface area (Å²) in [6.45, 7) is 1.92. The van der Waals surface area contributed by atoms with Crippen LogP contribution in [0.1, 0.15) is 11.7 Å². The van der Waals surface area contributed by atoms with Crippen LogP contribution in [0.2, 0.25) is 0 Å². The van der Waals surface area contributed by atoms with E-state index in [1.54, 1.807) is 19.2 Å². The Labute approximate surface area is 128 Å². The lowest BCUT2D eigenvalue weighted by Gasteiger charge is -2.02. The Morgan fingerprint density at radius 1 is 1.38 bits per heavy atom. The number of ether oxygens (including phenoxy) is 2. The number of methoxy groups -OCH3 is 1. The minimum Gasteiger partial charge on any atom is -0.485 e. The number of rotatable bonds is 8. The molecule has 0 amide bonds.